The highest BCUT2D eigenvalue weighted by atomic mass is 35.5. The van der Waals surface area contributed by atoms with E-state index in [2.05, 4.69) is 15.0 Å². The van der Waals surface area contributed by atoms with E-state index in [1.165, 1.54) is 0 Å². The summed E-state index contributed by atoms with van der Waals surface area (Å²) in [6, 6.07) is 1.94. The largest absolute Gasteiger partial charge is 0.380 e. The third-order valence-electron chi connectivity index (χ3n) is 5.55. The predicted molar refractivity (Wildman–Crippen MR) is 103 cm³/mol. The fourth-order valence-corrected chi connectivity index (χ4v) is 4.13. The van der Waals surface area contributed by atoms with Crippen LogP contribution >= 0.6 is 11.6 Å². The minimum atomic E-state index is 0.0936. The summed E-state index contributed by atoms with van der Waals surface area (Å²) in [6.07, 6.45) is 9.85. The van der Waals surface area contributed by atoms with Gasteiger partial charge < -0.3 is 14.5 Å². The van der Waals surface area contributed by atoms with Gasteiger partial charge in [-0.1, -0.05) is 11.6 Å². The van der Waals surface area contributed by atoms with Gasteiger partial charge in [0.05, 0.1) is 34.9 Å². The molecule has 4 heterocycles. The SMILES string of the molecule is CO[C@H]1CCN(C(=O)C2CCN(c3cnccc3-n3cc(Cl)cn3)CC2)C1. The molecule has 0 radical (unpaired) electrons. The van der Waals surface area contributed by atoms with Gasteiger partial charge in [0.1, 0.15) is 0 Å². The smallest absolute Gasteiger partial charge is 0.225 e. The Kier molecular flexibility index (Phi) is 5.31. The summed E-state index contributed by atoms with van der Waals surface area (Å²) in [4.78, 5) is 21.3. The summed E-state index contributed by atoms with van der Waals surface area (Å²) in [6.45, 7) is 3.18. The molecule has 27 heavy (non-hydrogen) atoms. The molecule has 0 aliphatic carbocycles. The van der Waals surface area contributed by atoms with Gasteiger partial charge >= 0.3 is 0 Å². The van der Waals surface area contributed by atoms with E-state index >= 15 is 0 Å². The lowest BCUT2D eigenvalue weighted by Gasteiger charge is -2.35. The summed E-state index contributed by atoms with van der Waals surface area (Å²) in [5, 5.41) is 4.91. The molecule has 1 atom stereocenters. The number of likely N-dealkylation sites (tertiary alicyclic amines) is 1. The van der Waals surface area contributed by atoms with E-state index in [4.69, 9.17) is 16.3 Å². The number of piperidine rings is 1. The van der Waals surface area contributed by atoms with Crippen molar-refractivity contribution in [1.29, 1.82) is 0 Å². The summed E-state index contributed by atoms with van der Waals surface area (Å²) in [5.41, 5.74) is 1.97. The number of rotatable bonds is 4. The molecule has 2 aliphatic heterocycles. The first-order valence-corrected chi connectivity index (χ1v) is 9.74. The standard InChI is InChI=1S/C19H24ClN5O2/c1-27-16-5-9-24(13-16)19(26)14-3-7-23(8-4-14)18-11-21-6-2-17(18)25-12-15(20)10-22-25/h2,6,10-12,14,16H,3-5,7-9,13H2,1H3/t16-/m0/s1. The normalized spacial score (nSPS) is 21.0. The van der Waals surface area contributed by atoms with Crippen LogP contribution in [-0.2, 0) is 9.53 Å². The van der Waals surface area contributed by atoms with Gasteiger partial charge in [-0.3, -0.25) is 9.78 Å². The Morgan fingerprint density at radius 3 is 2.67 bits per heavy atom. The second kappa shape index (κ2) is 7.86. The van der Waals surface area contributed by atoms with Crippen LogP contribution in [0.5, 0.6) is 0 Å². The van der Waals surface area contributed by atoms with E-state index in [0.717, 1.165) is 56.8 Å². The molecule has 0 saturated carbocycles. The van der Waals surface area contributed by atoms with Crippen molar-refractivity contribution in [2.45, 2.75) is 25.4 Å². The first-order chi connectivity index (χ1) is 13.2. The molecule has 2 aliphatic rings. The van der Waals surface area contributed by atoms with E-state index < -0.39 is 0 Å². The van der Waals surface area contributed by atoms with Gasteiger partial charge in [-0.15, -0.1) is 0 Å². The van der Waals surface area contributed by atoms with Crippen molar-refractivity contribution >= 4 is 23.2 Å². The van der Waals surface area contributed by atoms with Crippen molar-refractivity contribution in [2.24, 2.45) is 5.92 Å². The molecule has 4 rings (SSSR count). The third kappa shape index (κ3) is 3.80. The Labute approximate surface area is 163 Å². The Hall–Kier alpha value is -2.12. The topological polar surface area (TPSA) is 63.5 Å². The van der Waals surface area contributed by atoms with Crippen LogP contribution in [0.2, 0.25) is 5.02 Å². The van der Waals surface area contributed by atoms with Crippen LogP contribution in [0, 0.1) is 5.92 Å². The second-order valence-electron chi connectivity index (χ2n) is 7.16. The van der Waals surface area contributed by atoms with Crippen LogP contribution in [0.3, 0.4) is 0 Å². The highest BCUT2D eigenvalue weighted by molar-refractivity contribution is 6.30. The van der Waals surface area contributed by atoms with E-state index in [1.807, 2.05) is 17.2 Å². The number of anilines is 1. The maximum Gasteiger partial charge on any atom is 0.225 e. The number of halogens is 1. The van der Waals surface area contributed by atoms with Crippen LogP contribution in [0.25, 0.3) is 5.69 Å². The lowest BCUT2D eigenvalue weighted by Crippen LogP contribution is -2.42. The fourth-order valence-electron chi connectivity index (χ4n) is 4.00. The number of nitrogens with zero attached hydrogens (tertiary/aromatic N) is 5. The molecule has 0 N–H and O–H groups in total. The van der Waals surface area contributed by atoms with Gasteiger partial charge in [-0.25, -0.2) is 4.68 Å². The van der Waals surface area contributed by atoms with Crippen molar-refractivity contribution in [3.63, 3.8) is 0 Å². The number of aromatic nitrogens is 3. The summed E-state index contributed by atoms with van der Waals surface area (Å²) < 4.78 is 7.15. The first-order valence-electron chi connectivity index (χ1n) is 9.37. The van der Waals surface area contributed by atoms with Crippen molar-refractivity contribution in [1.82, 2.24) is 19.7 Å². The lowest BCUT2D eigenvalue weighted by molar-refractivity contribution is -0.135. The van der Waals surface area contributed by atoms with Crippen LogP contribution in [0.4, 0.5) is 5.69 Å². The number of hydrogen-bond donors (Lipinski definition) is 0. The second-order valence-corrected chi connectivity index (χ2v) is 7.60. The summed E-state index contributed by atoms with van der Waals surface area (Å²) in [5.74, 6) is 0.371. The van der Waals surface area contributed by atoms with Gasteiger partial charge in [0.25, 0.3) is 0 Å². The molecule has 2 fully saturated rings. The van der Waals surface area contributed by atoms with Crippen LogP contribution in [0.15, 0.2) is 30.9 Å². The highest BCUT2D eigenvalue weighted by Gasteiger charge is 2.33. The average molecular weight is 390 g/mol. The van der Waals surface area contributed by atoms with Gasteiger partial charge in [-0.05, 0) is 25.3 Å². The van der Waals surface area contributed by atoms with Crippen molar-refractivity contribution in [3.05, 3.63) is 35.9 Å². The van der Waals surface area contributed by atoms with Crippen molar-refractivity contribution in [2.75, 3.05) is 38.2 Å². The Bertz CT molecular complexity index is 803. The van der Waals surface area contributed by atoms with E-state index in [0.29, 0.717) is 5.02 Å². The number of carbonyl (C=O) groups is 1. The molecule has 7 nitrogen and oxygen atoms in total. The van der Waals surface area contributed by atoms with E-state index in [-0.39, 0.29) is 17.9 Å². The van der Waals surface area contributed by atoms with E-state index in [1.54, 1.807) is 30.4 Å². The number of hydrogen-bond acceptors (Lipinski definition) is 5. The number of amides is 1. The quantitative estimate of drug-likeness (QED) is 0.803. The van der Waals surface area contributed by atoms with E-state index in [9.17, 15) is 4.79 Å². The zero-order chi connectivity index (χ0) is 18.8. The zero-order valence-corrected chi connectivity index (χ0v) is 16.2. The minimum absolute atomic E-state index is 0.0936. The molecular formula is C19H24ClN5O2. The van der Waals surface area contributed by atoms with Gasteiger partial charge in [0.2, 0.25) is 5.91 Å². The molecule has 1 amide bonds. The lowest BCUT2D eigenvalue weighted by atomic mass is 9.95. The first kappa shape index (κ1) is 18.3. The van der Waals surface area contributed by atoms with Crippen LogP contribution in [0.1, 0.15) is 19.3 Å². The molecule has 8 heteroatoms. The van der Waals surface area contributed by atoms with Crippen molar-refractivity contribution < 1.29 is 9.53 Å². The Morgan fingerprint density at radius 2 is 2.00 bits per heavy atom. The van der Waals surface area contributed by atoms with Gasteiger partial charge in [-0.2, -0.15) is 5.10 Å². The number of ether oxygens (including phenoxy) is 1. The Morgan fingerprint density at radius 1 is 1.19 bits per heavy atom. The monoisotopic (exact) mass is 389 g/mol. The third-order valence-corrected chi connectivity index (χ3v) is 5.75. The molecular weight excluding hydrogens is 366 g/mol. The van der Waals surface area contributed by atoms with Crippen molar-refractivity contribution in [3.8, 4) is 5.69 Å². The van der Waals surface area contributed by atoms with Crippen LogP contribution < -0.4 is 4.90 Å². The number of pyridine rings is 1. The Balaban J connectivity index is 1.42. The minimum Gasteiger partial charge on any atom is -0.380 e. The highest BCUT2D eigenvalue weighted by Crippen LogP contribution is 2.29. The summed E-state index contributed by atoms with van der Waals surface area (Å²) >= 11 is 6.02. The van der Waals surface area contributed by atoms with Crippen LogP contribution in [-0.4, -0.2) is 65.0 Å². The summed E-state index contributed by atoms with van der Waals surface area (Å²) in [7, 11) is 1.72. The molecule has 0 spiro atoms. The fraction of sp³-hybridized carbons (Fsp3) is 0.526. The predicted octanol–water partition coefficient (Wildman–Crippen LogP) is 2.38. The number of carbonyl (C=O) groups excluding carboxylic acids is 1. The molecule has 2 aromatic rings. The molecule has 0 unspecified atom stereocenters. The van der Waals surface area contributed by atoms with Gasteiger partial charge in [0.15, 0.2) is 0 Å². The molecule has 0 aromatic carbocycles. The molecule has 2 aromatic heterocycles. The van der Waals surface area contributed by atoms with Gasteiger partial charge in [0, 0.05) is 51.6 Å². The molecule has 2 saturated heterocycles. The molecule has 144 valence electrons. The molecule has 0 bridgehead atoms. The average Bonchev–Trinajstić information content (AvgIpc) is 3.36. The zero-order valence-electron chi connectivity index (χ0n) is 15.4. The number of methoxy groups -OCH3 is 1. The maximum absolute atomic E-state index is 12.8. The maximum atomic E-state index is 12.8.